The summed E-state index contributed by atoms with van der Waals surface area (Å²) >= 11 is 0. The SMILES string of the molecule is Cc1ccc(NC(=O)c2cccc(C(F)(F)F)c2)cc1-c1nc2[nH]nc(N)c2c(C)c1CCN1CCOCC1. The Hall–Kier alpha value is -3.96. The minimum absolute atomic E-state index is 0.0820. The highest BCUT2D eigenvalue weighted by Gasteiger charge is 2.31. The smallest absolute Gasteiger partial charge is 0.382 e. The topological polar surface area (TPSA) is 109 Å². The molecule has 4 aromatic rings. The van der Waals surface area contributed by atoms with E-state index in [1.54, 1.807) is 12.1 Å². The lowest BCUT2D eigenvalue weighted by Crippen LogP contribution is -2.37. The summed E-state index contributed by atoms with van der Waals surface area (Å²) in [6.07, 6.45) is -3.82. The van der Waals surface area contributed by atoms with E-state index in [-0.39, 0.29) is 5.56 Å². The number of carbonyl (C=O) groups excluding carboxylic acids is 1. The van der Waals surface area contributed by atoms with Crippen LogP contribution in [-0.4, -0.2) is 58.8 Å². The van der Waals surface area contributed by atoms with E-state index in [9.17, 15) is 18.0 Å². The second kappa shape index (κ2) is 10.7. The number of fused-ring (bicyclic) bond motifs is 1. The number of hydrogen-bond donors (Lipinski definition) is 3. The van der Waals surface area contributed by atoms with E-state index in [0.717, 1.165) is 71.5 Å². The number of aromatic nitrogens is 3. The number of aryl methyl sites for hydroxylation is 2. The number of carbonyl (C=O) groups is 1. The molecule has 11 heteroatoms. The number of benzene rings is 2. The number of nitrogens with two attached hydrogens (primary N) is 1. The quantitative estimate of drug-likeness (QED) is 0.320. The maximum absolute atomic E-state index is 13.1. The van der Waals surface area contributed by atoms with Crippen molar-refractivity contribution in [1.82, 2.24) is 20.1 Å². The van der Waals surface area contributed by atoms with E-state index in [1.807, 2.05) is 19.9 Å². The molecule has 0 saturated carbocycles. The van der Waals surface area contributed by atoms with Crippen molar-refractivity contribution in [2.45, 2.75) is 26.4 Å². The highest BCUT2D eigenvalue weighted by Crippen LogP contribution is 2.35. The van der Waals surface area contributed by atoms with Crippen molar-refractivity contribution in [3.05, 3.63) is 70.3 Å². The predicted octanol–water partition coefficient (Wildman–Crippen LogP) is 4.97. The van der Waals surface area contributed by atoms with Gasteiger partial charge in [-0.3, -0.25) is 14.8 Å². The number of nitrogens with zero attached hydrogens (tertiary/aromatic N) is 3. The molecule has 2 aromatic carbocycles. The third-order valence-corrected chi connectivity index (χ3v) is 7.10. The Kier molecular flexibility index (Phi) is 7.28. The fourth-order valence-electron chi connectivity index (χ4n) is 4.92. The molecule has 0 radical (unpaired) electrons. The van der Waals surface area contributed by atoms with Crippen LogP contribution in [0.4, 0.5) is 24.7 Å². The first-order valence-electron chi connectivity index (χ1n) is 12.6. The molecule has 1 saturated heterocycles. The van der Waals surface area contributed by atoms with Gasteiger partial charge in [-0.1, -0.05) is 12.1 Å². The Balaban J connectivity index is 1.50. The monoisotopic (exact) mass is 538 g/mol. The van der Waals surface area contributed by atoms with E-state index in [1.165, 1.54) is 12.1 Å². The number of rotatable bonds is 6. The molecular formula is C28H29F3N6O2. The molecule has 39 heavy (non-hydrogen) atoms. The van der Waals surface area contributed by atoms with Crippen LogP contribution in [0.3, 0.4) is 0 Å². The van der Waals surface area contributed by atoms with Crippen LogP contribution < -0.4 is 11.1 Å². The summed E-state index contributed by atoms with van der Waals surface area (Å²) in [4.78, 5) is 20.1. The van der Waals surface area contributed by atoms with Gasteiger partial charge in [-0.05, 0) is 67.3 Å². The van der Waals surface area contributed by atoms with Crippen LogP contribution in [0.2, 0.25) is 0 Å². The van der Waals surface area contributed by atoms with Gasteiger partial charge in [0.15, 0.2) is 11.5 Å². The Labute approximate surface area is 223 Å². The van der Waals surface area contributed by atoms with Crippen LogP contribution in [0, 0.1) is 13.8 Å². The van der Waals surface area contributed by atoms with E-state index in [2.05, 4.69) is 20.4 Å². The molecule has 0 aliphatic carbocycles. The third kappa shape index (κ3) is 5.59. The number of nitrogens with one attached hydrogen (secondary N) is 2. The molecule has 0 bridgehead atoms. The van der Waals surface area contributed by atoms with Gasteiger partial charge in [0.05, 0.1) is 29.9 Å². The maximum Gasteiger partial charge on any atom is 0.416 e. The normalized spacial score (nSPS) is 14.6. The van der Waals surface area contributed by atoms with Crippen molar-refractivity contribution < 1.29 is 22.7 Å². The molecule has 2 aromatic heterocycles. The summed E-state index contributed by atoms with van der Waals surface area (Å²) in [7, 11) is 0. The van der Waals surface area contributed by atoms with Gasteiger partial charge in [0.25, 0.3) is 5.91 Å². The lowest BCUT2D eigenvalue weighted by molar-refractivity contribution is -0.137. The molecule has 0 atom stereocenters. The Morgan fingerprint density at radius 3 is 2.67 bits per heavy atom. The van der Waals surface area contributed by atoms with Crippen molar-refractivity contribution in [3.63, 3.8) is 0 Å². The second-order valence-corrected chi connectivity index (χ2v) is 9.66. The Morgan fingerprint density at radius 1 is 1.15 bits per heavy atom. The van der Waals surface area contributed by atoms with Crippen LogP contribution in [0.15, 0.2) is 42.5 Å². The molecule has 4 N–H and O–H groups in total. The minimum atomic E-state index is -4.54. The van der Waals surface area contributed by atoms with E-state index in [0.29, 0.717) is 30.4 Å². The summed E-state index contributed by atoms with van der Waals surface area (Å²) in [6, 6.07) is 9.72. The van der Waals surface area contributed by atoms with Gasteiger partial charge >= 0.3 is 6.18 Å². The van der Waals surface area contributed by atoms with Gasteiger partial charge in [-0.15, -0.1) is 0 Å². The number of aromatic amines is 1. The van der Waals surface area contributed by atoms with Crippen LogP contribution in [0.25, 0.3) is 22.3 Å². The Morgan fingerprint density at radius 2 is 1.92 bits per heavy atom. The number of nitrogen functional groups attached to an aromatic ring is 1. The predicted molar refractivity (Wildman–Crippen MR) is 144 cm³/mol. The summed E-state index contributed by atoms with van der Waals surface area (Å²) < 4.78 is 44.9. The highest BCUT2D eigenvalue weighted by atomic mass is 19.4. The lowest BCUT2D eigenvalue weighted by atomic mass is 9.94. The molecule has 204 valence electrons. The van der Waals surface area contributed by atoms with Crippen molar-refractivity contribution in [1.29, 1.82) is 0 Å². The Bertz CT molecular complexity index is 1530. The minimum Gasteiger partial charge on any atom is -0.382 e. The average Bonchev–Trinajstić information content (AvgIpc) is 3.30. The molecule has 1 fully saturated rings. The molecule has 8 nitrogen and oxygen atoms in total. The first-order valence-corrected chi connectivity index (χ1v) is 12.6. The largest absolute Gasteiger partial charge is 0.416 e. The molecule has 0 unspecified atom stereocenters. The molecular weight excluding hydrogens is 509 g/mol. The van der Waals surface area contributed by atoms with Crippen LogP contribution in [0.5, 0.6) is 0 Å². The first-order chi connectivity index (χ1) is 18.6. The highest BCUT2D eigenvalue weighted by molar-refractivity contribution is 6.04. The van der Waals surface area contributed by atoms with Gasteiger partial charge in [0.1, 0.15) is 0 Å². The number of halogens is 3. The standard InChI is InChI=1S/C28H29F3N6O2/c1-16-6-7-20(33-27(38)18-4-3-5-19(14-18)28(29,30)31)15-22(16)24-21(8-9-37-10-12-39-13-11-37)17(2)23-25(32)35-36-26(23)34-24/h3-7,14-15H,8-13H2,1-2H3,(H,33,38)(H3,32,34,35,36). The average molecular weight is 539 g/mol. The zero-order valence-corrected chi connectivity index (χ0v) is 21.7. The maximum atomic E-state index is 13.1. The van der Waals surface area contributed by atoms with Crippen molar-refractivity contribution >= 4 is 28.4 Å². The van der Waals surface area contributed by atoms with Crippen molar-refractivity contribution in [2.75, 3.05) is 43.9 Å². The number of amides is 1. The van der Waals surface area contributed by atoms with E-state index in [4.69, 9.17) is 15.5 Å². The molecule has 1 aliphatic heterocycles. The molecule has 1 aliphatic rings. The van der Waals surface area contributed by atoms with Crippen LogP contribution >= 0.6 is 0 Å². The van der Waals surface area contributed by atoms with E-state index >= 15 is 0 Å². The van der Waals surface area contributed by atoms with Crippen molar-refractivity contribution in [3.8, 4) is 11.3 Å². The van der Waals surface area contributed by atoms with Gasteiger partial charge in [-0.2, -0.15) is 18.3 Å². The van der Waals surface area contributed by atoms with Gasteiger partial charge < -0.3 is 15.8 Å². The summed E-state index contributed by atoms with van der Waals surface area (Å²) in [6.45, 7) is 7.87. The zero-order valence-electron chi connectivity index (χ0n) is 21.7. The molecule has 0 spiro atoms. The number of hydrogen-bond acceptors (Lipinski definition) is 6. The third-order valence-electron chi connectivity index (χ3n) is 7.10. The number of alkyl halides is 3. The molecule has 1 amide bonds. The van der Waals surface area contributed by atoms with Gasteiger partial charge in [-0.25, -0.2) is 4.98 Å². The summed E-state index contributed by atoms with van der Waals surface area (Å²) in [5, 5.41) is 10.6. The fourth-order valence-corrected chi connectivity index (χ4v) is 4.92. The van der Waals surface area contributed by atoms with Gasteiger partial charge in [0.2, 0.25) is 0 Å². The number of pyridine rings is 1. The number of H-pyrrole nitrogens is 1. The second-order valence-electron chi connectivity index (χ2n) is 9.66. The van der Waals surface area contributed by atoms with Crippen LogP contribution in [0.1, 0.15) is 32.6 Å². The fraction of sp³-hybridized carbons (Fsp3) is 0.321. The number of ether oxygens (including phenoxy) is 1. The number of morpholine rings is 1. The summed E-state index contributed by atoms with van der Waals surface area (Å²) in [5.41, 5.74) is 10.7. The van der Waals surface area contributed by atoms with Crippen LogP contribution in [-0.2, 0) is 17.3 Å². The number of anilines is 2. The zero-order chi connectivity index (χ0) is 27.7. The molecule has 5 rings (SSSR count). The molecule has 3 heterocycles. The van der Waals surface area contributed by atoms with E-state index < -0.39 is 17.6 Å². The first kappa shape index (κ1) is 26.6. The van der Waals surface area contributed by atoms with Gasteiger partial charge in [0, 0.05) is 36.4 Å². The van der Waals surface area contributed by atoms with Crippen molar-refractivity contribution in [2.24, 2.45) is 0 Å². The lowest BCUT2D eigenvalue weighted by Gasteiger charge is -2.27. The summed E-state index contributed by atoms with van der Waals surface area (Å²) in [5.74, 6) is -0.252.